The van der Waals surface area contributed by atoms with Gasteiger partial charge < -0.3 is 10.2 Å². The Balaban J connectivity index is 1.81. The van der Waals surface area contributed by atoms with Crippen LogP contribution in [0.3, 0.4) is 0 Å². The number of aryl methyl sites for hydroxylation is 2. The Hall–Kier alpha value is -1.95. The number of carbonyl (C=O) groups excluding carboxylic acids is 1. The van der Waals surface area contributed by atoms with E-state index in [1.807, 2.05) is 9.80 Å². The van der Waals surface area contributed by atoms with Crippen molar-refractivity contribution in [2.45, 2.75) is 72.5 Å². The second kappa shape index (κ2) is 8.29. The monoisotopic (exact) mass is 472 g/mol. The number of anilines is 1. The van der Waals surface area contributed by atoms with E-state index in [2.05, 4.69) is 79.0 Å². The SMILES string of the molecule is CCCC(CCC)N1CCN2C(=O)N(c3c(C)cc(Br)cc3C)C3NC(C)=CC1=C32. The van der Waals surface area contributed by atoms with Gasteiger partial charge >= 0.3 is 6.03 Å². The first-order valence-corrected chi connectivity index (χ1v) is 12.0. The third kappa shape index (κ3) is 3.43. The molecule has 1 atom stereocenters. The predicted octanol–water partition coefficient (Wildman–Crippen LogP) is 5.64. The van der Waals surface area contributed by atoms with Crippen LogP contribution >= 0.6 is 15.9 Å². The van der Waals surface area contributed by atoms with Crippen LogP contribution in [-0.4, -0.2) is 41.1 Å². The number of nitrogens with one attached hydrogen (secondary N) is 1. The fraction of sp³-hybridized carbons (Fsp3) is 0.542. The second-order valence-electron chi connectivity index (χ2n) is 8.76. The van der Waals surface area contributed by atoms with Crippen molar-refractivity contribution in [2.24, 2.45) is 0 Å². The topological polar surface area (TPSA) is 38.8 Å². The molecular formula is C24H33BrN4O. The van der Waals surface area contributed by atoms with E-state index in [4.69, 9.17) is 0 Å². The van der Waals surface area contributed by atoms with Crippen molar-refractivity contribution in [2.75, 3.05) is 18.0 Å². The lowest BCUT2D eigenvalue weighted by Crippen LogP contribution is -2.49. The standard InChI is InChI=1S/C24H33BrN4O/c1-6-8-19(9-7-2)27-10-11-28-22-20(27)14-17(5)26-23(22)29(24(28)30)21-15(3)12-18(25)13-16(21)4/h12-14,19,23,26H,6-11H2,1-5H3. The molecule has 1 unspecified atom stereocenters. The molecule has 3 aliphatic rings. The van der Waals surface area contributed by atoms with Gasteiger partial charge in [0.2, 0.25) is 0 Å². The molecule has 6 heteroatoms. The number of allylic oxidation sites excluding steroid dienone is 2. The minimum atomic E-state index is -0.150. The summed E-state index contributed by atoms with van der Waals surface area (Å²) in [6, 6.07) is 4.81. The maximum atomic E-state index is 13.6. The third-order valence-electron chi connectivity index (χ3n) is 6.48. The molecule has 5 nitrogen and oxygen atoms in total. The average Bonchev–Trinajstić information content (AvgIpc) is 2.94. The molecule has 0 bridgehead atoms. The fourth-order valence-electron chi connectivity index (χ4n) is 5.34. The van der Waals surface area contributed by atoms with Gasteiger partial charge in [-0.1, -0.05) is 42.6 Å². The van der Waals surface area contributed by atoms with Gasteiger partial charge in [0.15, 0.2) is 6.17 Å². The van der Waals surface area contributed by atoms with Crippen molar-refractivity contribution in [3.05, 3.63) is 50.9 Å². The molecular weight excluding hydrogens is 440 g/mol. The highest BCUT2D eigenvalue weighted by Gasteiger charge is 2.49. The molecule has 0 radical (unpaired) electrons. The van der Waals surface area contributed by atoms with Crippen LogP contribution in [0.2, 0.25) is 0 Å². The van der Waals surface area contributed by atoms with Crippen LogP contribution in [0, 0.1) is 13.8 Å². The molecule has 162 valence electrons. The molecule has 3 aliphatic heterocycles. The average molecular weight is 473 g/mol. The summed E-state index contributed by atoms with van der Waals surface area (Å²) in [5.41, 5.74) is 6.70. The maximum absolute atomic E-state index is 13.6. The molecule has 1 fully saturated rings. The summed E-state index contributed by atoms with van der Waals surface area (Å²) < 4.78 is 1.05. The summed E-state index contributed by atoms with van der Waals surface area (Å²) >= 11 is 3.59. The molecule has 2 amide bonds. The summed E-state index contributed by atoms with van der Waals surface area (Å²) in [7, 11) is 0. The van der Waals surface area contributed by atoms with Crippen LogP contribution in [0.15, 0.2) is 39.8 Å². The van der Waals surface area contributed by atoms with E-state index < -0.39 is 0 Å². The number of urea groups is 1. The van der Waals surface area contributed by atoms with E-state index >= 15 is 0 Å². The van der Waals surface area contributed by atoms with Gasteiger partial charge in [0.05, 0.1) is 17.1 Å². The smallest absolute Gasteiger partial charge is 0.331 e. The van der Waals surface area contributed by atoms with Gasteiger partial charge in [0.1, 0.15) is 0 Å². The lowest BCUT2D eigenvalue weighted by Gasteiger charge is -2.43. The number of carbonyl (C=O) groups is 1. The number of dihydropyridines is 1. The Bertz CT molecular complexity index is 893. The Kier molecular flexibility index (Phi) is 5.88. The van der Waals surface area contributed by atoms with Crippen LogP contribution in [-0.2, 0) is 0 Å². The highest BCUT2D eigenvalue weighted by atomic mass is 79.9. The lowest BCUT2D eigenvalue weighted by molar-refractivity contribution is 0.173. The van der Waals surface area contributed by atoms with Crippen molar-refractivity contribution in [1.29, 1.82) is 0 Å². The van der Waals surface area contributed by atoms with Gasteiger partial charge in [-0.15, -0.1) is 0 Å². The molecule has 1 N–H and O–H groups in total. The third-order valence-corrected chi connectivity index (χ3v) is 6.94. The van der Waals surface area contributed by atoms with Gasteiger partial charge in [0, 0.05) is 29.3 Å². The second-order valence-corrected chi connectivity index (χ2v) is 9.68. The molecule has 1 aromatic rings. The number of halogens is 1. The van der Waals surface area contributed by atoms with Gasteiger partial charge in [-0.2, -0.15) is 0 Å². The predicted molar refractivity (Wildman–Crippen MR) is 126 cm³/mol. The summed E-state index contributed by atoms with van der Waals surface area (Å²) in [5, 5.41) is 3.61. The normalized spacial score (nSPS) is 20.8. The first kappa shape index (κ1) is 21.3. The van der Waals surface area contributed by atoms with Crippen LogP contribution < -0.4 is 10.2 Å². The summed E-state index contributed by atoms with van der Waals surface area (Å²) in [6.07, 6.45) is 6.84. The highest BCUT2D eigenvalue weighted by Crippen LogP contribution is 2.42. The van der Waals surface area contributed by atoms with Crippen LogP contribution in [0.4, 0.5) is 10.5 Å². The zero-order valence-corrected chi connectivity index (χ0v) is 20.3. The van der Waals surface area contributed by atoms with Crippen molar-refractivity contribution in [1.82, 2.24) is 15.1 Å². The number of rotatable bonds is 6. The Labute approximate surface area is 188 Å². The van der Waals surface area contributed by atoms with E-state index in [9.17, 15) is 4.79 Å². The Morgan fingerprint density at radius 2 is 1.73 bits per heavy atom. The molecule has 3 heterocycles. The van der Waals surface area contributed by atoms with Crippen molar-refractivity contribution in [3.8, 4) is 0 Å². The molecule has 0 aromatic heterocycles. The van der Waals surface area contributed by atoms with Crippen molar-refractivity contribution >= 4 is 27.6 Å². The highest BCUT2D eigenvalue weighted by molar-refractivity contribution is 9.10. The molecule has 0 saturated carbocycles. The summed E-state index contributed by atoms with van der Waals surface area (Å²) in [5.74, 6) is 0. The molecule has 0 spiro atoms. The van der Waals surface area contributed by atoms with Gasteiger partial charge in [-0.3, -0.25) is 9.80 Å². The number of nitrogens with zero attached hydrogens (tertiary/aromatic N) is 3. The van der Waals surface area contributed by atoms with Gasteiger partial charge in [-0.05, 0) is 62.9 Å². The first-order chi connectivity index (χ1) is 14.4. The number of amides is 2. The zero-order valence-electron chi connectivity index (χ0n) is 18.8. The number of benzene rings is 1. The molecule has 0 aliphatic carbocycles. The zero-order chi connectivity index (χ0) is 21.6. The largest absolute Gasteiger partial charge is 0.365 e. The molecule has 30 heavy (non-hydrogen) atoms. The lowest BCUT2D eigenvalue weighted by atomic mass is 9.99. The molecule has 1 saturated heterocycles. The van der Waals surface area contributed by atoms with E-state index in [0.29, 0.717) is 6.04 Å². The number of hydrogen-bond acceptors (Lipinski definition) is 3. The van der Waals surface area contributed by atoms with Crippen LogP contribution in [0.25, 0.3) is 0 Å². The van der Waals surface area contributed by atoms with Crippen molar-refractivity contribution < 1.29 is 4.79 Å². The van der Waals surface area contributed by atoms with Crippen LogP contribution in [0.1, 0.15) is 57.6 Å². The van der Waals surface area contributed by atoms with Gasteiger partial charge in [-0.25, -0.2) is 4.79 Å². The van der Waals surface area contributed by atoms with Gasteiger partial charge in [0.25, 0.3) is 0 Å². The minimum absolute atomic E-state index is 0.0822. The maximum Gasteiger partial charge on any atom is 0.331 e. The Morgan fingerprint density at radius 1 is 1.10 bits per heavy atom. The minimum Gasteiger partial charge on any atom is -0.365 e. The first-order valence-electron chi connectivity index (χ1n) is 11.2. The van der Waals surface area contributed by atoms with E-state index in [0.717, 1.165) is 45.8 Å². The van der Waals surface area contributed by atoms with E-state index in [1.165, 1.54) is 31.4 Å². The Morgan fingerprint density at radius 3 is 2.33 bits per heavy atom. The van der Waals surface area contributed by atoms with E-state index in [1.54, 1.807) is 0 Å². The molecule has 1 aromatic carbocycles. The van der Waals surface area contributed by atoms with Crippen molar-refractivity contribution in [3.63, 3.8) is 0 Å². The fourth-order valence-corrected chi connectivity index (χ4v) is 6.03. The summed E-state index contributed by atoms with van der Waals surface area (Å²) in [4.78, 5) is 20.2. The van der Waals surface area contributed by atoms with Crippen LogP contribution in [0.5, 0.6) is 0 Å². The summed E-state index contributed by atoms with van der Waals surface area (Å²) in [6.45, 7) is 12.5. The number of hydrogen-bond donors (Lipinski definition) is 1. The molecule has 4 rings (SSSR count). The quantitative estimate of drug-likeness (QED) is 0.582. The van der Waals surface area contributed by atoms with E-state index in [-0.39, 0.29) is 12.2 Å².